The van der Waals surface area contributed by atoms with E-state index in [0.29, 0.717) is 12.0 Å². The van der Waals surface area contributed by atoms with Gasteiger partial charge >= 0.3 is 0 Å². The molecule has 1 heterocycles. The first-order valence-electron chi connectivity index (χ1n) is 7.18. The summed E-state index contributed by atoms with van der Waals surface area (Å²) in [4.78, 5) is 3.39. The van der Waals surface area contributed by atoms with Gasteiger partial charge in [-0.05, 0) is 54.9 Å². The highest BCUT2D eigenvalue weighted by Crippen LogP contribution is 2.53. The fourth-order valence-corrected chi connectivity index (χ4v) is 4.32. The molecule has 2 aromatic rings. The van der Waals surface area contributed by atoms with E-state index in [4.69, 9.17) is 10.5 Å². The Bertz CT molecular complexity index is 616. The van der Waals surface area contributed by atoms with Crippen molar-refractivity contribution in [3.05, 3.63) is 30.0 Å². The lowest BCUT2D eigenvalue weighted by atomic mass is 9.80. The molecule has 0 aliphatic heterocycles. The van der Waals surface area contributed by atoms with Crippen molar-refractivity contribution in [1.82, 2.24) is 4.98 Å². The number of nitrogens with two attached hydrogens (primary N) is 1. The molecule has 4 atom stereocenters. The SMILES string of the molecule is COc1ccc2[nH]cc([C@H]3[C@H]4CC[C@H](C4)[C@@H]3N)c2c1. The summed E-state index contributed by atoms with van der Waals surface area (Å²) in [6.07, 6.45) is 6.16. The molecule has 0 amide bonds. The maximum atomic E-state index is 6.47. The second-order valence-electron chi connectivity index (χ2n) is 6.09. The molecule has 2 aliphatic carbocycles. The van der Waals surface area contributed by atoms with Crippen molar-refractivity contribution in [2.45, 2.75) is 31.2 Å². The number of fused-ring (bicyclic) bond motifs is 3. The zero-order valence-corrected chi connectivity index (χ0v) is 11.2. The molecule has 3 heteroatoms. The third-order valence-electron chi connectivity index (χ3n) is 5.26. The first-order valence-corrected chi connectivity index (χ1v) is 7.18. The van der Waals surface area contributed by atoms with Gasteiger partial charge in [0.15, 0.2) is 0 Å². The minimum absolute atomic E-state index is 0.337. The normalized spacial score (nSPS) is 33.2. The number of benzene rings is 1. The second-order valence-corrected chi connectivity index (χ2v) is 6.09. The number of hydrogen-bond donors (Lipinski definition) is 2. The summed E-state index contributed by atoms with van der Waals surface area (Å²) < 4.78 is 5.35. The highest BCUT2D eigenvalue weighted by Gasteiger charge is 2.46. The Morgan fingerprint density at radius 2 is 2.11 bits per heavy atom. The fourth-order valence-electron chi connectivity index (χ4n) is 4.32. The Kier molecular flexibility index (Phi) is 2.39. The van der Waals surface area contributed by atoms with Gasteiger partial charge in [-0.3, -0.25) is 0 Å². The molecule has 0 saturated heterocycles. The Hall–Kier alpha value is -1.48. The van der Waals surface area contributed by atoms with Gasteiger partial charge in [0, 0.05) is 29.1 Å². The minimum atomic E-state index is 0.337. The molecule has 1 aromatic heterocycles. The van der Waals surface area contributed by atoms with Crippen LogP contribution in [0.4, 0.5) is 0 Å². The van der Waals surface area contributed by atoms with Crippen molar-refractivity contribution >= 4 is 10.9 Å². The smallest absolute Gasteiger partial charge is 0.119 e. The number of hydrogen-bond acceptors (Lipinski definition) is 2. The zero-order chi connectivity index (χ0) is 13.0. The van der Waals surface area contributed by atoms with Crippen LogP contribution in [0.25, 0.3) is 10.9 Å². The molecule has 2 bridgehead atoms. The van der Waals surface area contributed by atoms with Crippen molar-refractivity contribution in [3.8, 4) is 5.75 Å². The van der Waals surface area contributed by atoms with E-state index in [9.17, 15) is 0 Å². The van der Waals surface area contributed by atoms with Crippen molar-refractivity contribution in [2.24, 2.45) is 17.6 Å². The summed E-state index contributed by atoms with van der Waals surface area (Å²) in [6.45, 7) is 0. The van der Waals surface area contributed by atoms with Crippen LogP contribution in [0.15, 0.2) is 24.4 Å². The fraction of sp³-hybridized carbons (Fsp3) is 0.500. The van der Waals surface area contributed by atoms with Crippen molar-refractivity contribution < 1.29 is 4.74 Å². The quantitative estimate of drug-likeness (QED) is 0.867. The molecule has 2 aliphatic rings. The molecule has 100 valence electrons. The predicted molar refractivity (Wildman–Crippen MR) is 76.4 cm³/mol. The molecular weight excluding hydrogens is 236 g/mol. The first kappa shape index (κ1) is 11.4. The Morgan fingerprint density at radius 1 is 1.26 bits per heavy atom. The minimum Gasteiger partial charge on any atom is -0.497 e. The Balaban J connectivity index is 1.82. The highest BCUT2D eigenvalue weighted by atomic mass is 16.5. The van der Waals surface area contributed by atoms with Gasteiger partial charge in [0.2, 0.25) is 0 Å². The number of aromatic amines is 1. The maximum absolute atomic E-state index is 6.47. The summed E-state index contributed by atoms with van der Waals surface area (Å²) in [6, 6.07) is 6.57. The third-order valence-corrected chi connectivity index (χ3v) is 5.26. The number of rotatable bonds is 2. The number of nitrogens with one attached hydrogen (secondary N) is 1. The lowest BCUT2D eigenvalue weighted by molar-refractivity contribution is 0.367. The standard InChI is InChI=1S/C16H20N2O/c1-19-11-4-5-14-12(7-11)13(8-18-14)15-9-2-3-10(6-9)16(15)17/h4-5,7-10,15-16,18H,2-3,6,17H2,1H3/t9-,10+,15+,16-/m0/s1. The monoisotopic (exact) mass is 256 g/mol. The van der Waals surface area contributed by atoms with Gasteiger partial charge in [-0.1, -0.05) is 0 Å². The number of aromatic nitrogens is 1. The van der Waals surface area contributed by atoms with Crippen LogP contribution in [0.3, 0.4) is 0 Å². The largest absolute Gasteiger partial charge is 0.497 e. The average Bonchev–Trinajstić information content (AvgIpc) is 3.12. The third kappa shape index (κ3) is 1.54. The van der Waals surface area contributed by atoms with Crippen LogP contribution in [0.5, 0.6) is 5.75 Å². The van der Waals surface area contributed by atoms with E-state index < -0.39 is 0 Å². The lowest BCUT2D eigenvalue weighted by Gasteiger charge is -2.28. The number of H-pyrrole nitrogens is 1. The van der Waals surface area contributed by atoms with Crippen LogP contribution in [-0.4, -0.2) is 18.1 Å². The molecule has 3 N–H and O–H groups in total. The van der Waals surface area contributed by atoms with Gasteiger partial charge in [-0.15, -0.1) is 0 Å². The average molecular weight is 256 g/mol. The van der Waals surface area contributed by atoms with E-state index in [-0.39, 0.29) is 0 Å². The molecule has 2 fully saturated rings. The van der Waals surface area contributed by atoms with E-state index in [1.54, 1.807) is 7.11 Å². The zero-order valence-electron chi connectivity index (χ0n) is 11.2. The van der Waals surface area contributed by atoms with E-state index >= 15 is 0 Å². The Morgan fingerprint density at radius 3 is 2.84 bits per heavy atom. The summed E-state index contributed by atoms with van der Waals surface area (Å²) >= 11 is 0. The molecule has 19 heavy (non-hydrogen) atoms. The van der Waals surface area contributed by atoms with Gasteiger partial charge in [-0.2, -0.15) is 0 Å². The summed E-state index contributed by atoms with van der Waals surface area (Å²) in [5.74, 6) is 2.97. The van der Waals surface area contributed by atoms with Gasteiger partial charge in [0.25, 0.3) is 0 Å². The van der Waals surface area contributed by atoms with Crippen LogP contribution in [0.1, 0.15) is 30.7 Å². The van der Waals surface area contributed by atoms with Gasteiger partial charge in [-0.25, -0.2) is 0 Å². The van der Waals surface area contributed by atoms with E-state index in [2.05, 4.69) is 23.3 Å². The summed E-state index contributed by atoms with van der Waals surface area (Å²) in [5, 5.41) is 1.28. The molecular formula is C16H20N2O. The van der Waals surface area contributed by atoms with E-state index in [1.807, 2.05) is 6.07 Å². The second kappa shape index (κ2) is 4.01. The summed E-state index contributed by atoms with van der Waals surface area (Å²) in [7, 11) is 1.72. The summed E-state index contributed by atoms with van der Waals surface area (Å²) in [5.41, 5.74) is 9.05. The number of ether oxygens (including phenoxy) is 1. The van der Waals surface area contributed by atoms with Crippen LogP contribution in [0, 0.1) is 11.8 Å². The molecule has 0 spiro atoms. The number of methoxy groups -OCH3 is 1. The molecule has 4 rings (SSSR count). The van der Waals surface area contributed by atoms with Gasteiger partial charge < -0.3 is 15.5 Å². The van der Waals surface area contributed by atoms with E-state index in [1.165, 1.54) is 35.7 Å². The lowest BCUT2D eigenvalue weighted by Crippen LogP contribution is -2.33. The van der Waals surface area contributed by atoms with E-state index in [0.717, 1.165) is 17.6 Å². The van der Waals surface area contributed by atoms with Crippen molar-refractivity contribution in [1.29, 1.82) is 0 Å². The van der Waals surface area contributed by atoms with Gasteiger partial charge in [0.05, 0.1) is 7.11 Å². The first-order chi connectivity index (χ1) is 9.28. The molecule has 1 aromatic carbocycles. The van der Waals surface area contributed by atoms with Crippen LogP contribution >= 0.6 is 0 Å². The Labute approximate surface area is 113 Å². The molecule has 0 unspecified atom stereocenters. The topological polar surface area (TPSA) is 51.0 Å². The molecule has 2 saturated carbocycles. The highest BCUT2D eigenvalue weighted by molar-refractivity contribution is 5.85. The van der Waals surface area contributed by atoms with Gasteiger partial charge in [0.1, 0.15) is 5.75 Å². The van der Waals surface area contributed by atoms with Crippen LogP contribution < -0.4 is 10.5 Å². The van der Waals surface area contributed by atoms with Crippen LogP contribution in [0.2, 0.25) is 0 Å². The van der Waals surface area contributed by atoms with Crippen LogP contribution in [-0.2, 0) is 0 Å². The van der Waals surface area contributed by atoms with Crippen molar-refractivity contribution in [3.63, 3.8) is 0 Å². The van der Waals surface area contributed by atoms with Crippen molar-refractivity contribution in [2.75, 3.05) is 7.11 Å². The molecule has 0 radical (unpaired) electrons. The molecule has 3 nitrogen and oxygen atoms in total. The predicted octanol–water partition coefficient (Wildman–Crippen LogP) is 3.02. The maximum Gasteiger partial charge on any atom is 0.119 e.